The molecular weight excluding hydrogens is 268 g/mol. The van der Waals surface area contributed by atoms with Crippen LogP contribution in [-0.4, -0.2) is 42.8 Å². The van der Waals surface area contributed by atoms with Gasteiger partial charge in [-0.15, -0.1) is 0 Å². The highest BCUT2D eigenvalue weighted by Crippen LogP contribution is 2.25. The Bertz CT molecular complexity index is 610. The molecule has 1 aromatic heterocycles. The van der Waals surface area contributed by atoms with Crippen LogP contribution < -0.4 is 10.6 Å². The Morgan fingerprint density at radius 2 is 2.14 bits per heavy atom. The van der Waals surface area contributed by atoms with E-state index in [4.69, 9.17) is 15.7 Å². The van der Waals surface area contributed by atoms with Gasteiger partial charge >= 0.3 is 0 Å². The second kappa shape index (κ2) is 7.44. The zero-order valence-electron chi connectivity index (χ0n) is 12.1. The van der Waals surface area contributed by atoms with Crippen molar-refractivity contribution in [3.8, 4) is 0 Å². The molecule has 0 saturated carbocycles. The second-order valence-corrected chi connectivity index (χ2v) is 4.67. The van der Waals surface area contributed by atoms with E-state index in [-0.39, 0.29) is 5.84 Å². The number of rotatable bonds is 7. The number of ether oxygens (including phenoxy) is 1. The van der Waals surface area contributed by atoms with Crippen molar-refractivity contribution in [3.05, 3.63) is 36.5 Å². The molecule has 2 aromatic rings. The summed E-state index contributed by atoms with van der Waals surface area (Å²) in [7, 11) is 1.67. The number of hydrogen-bond donors (Lipinski definition) is 2. The predicted molar refractivity (Wildman–Crippen MR) is 83.9 cm³/mol. The Labute approximate surface area is 123 Å². The first-order valence-electron chi connectivity index (χ1n) is 6.80. The Balaban J connectivity index is 2.29. The average molecular weight is 288 g/mol. The van der Waals surface area contributed by atoms with Crippen LogP contribution >= 0.6 is 0 Å². The molecule has 0 saturated heterocycles. The number of fused-ring (bicyclic) bond motifs is 1. The zero-order chi connectivity index (χ0) is 15.1. The third kappa shape index (κ3) is 3.82. The first-order chi connectivity index (χ1) is 10.3. The lowest BCUT2D eigenvalue weighted by atomic mass is 10.1. The number of aromatic nitrogens is 1. The molecule has 6 nitrogen and oxygen atoms in total. The molecule has 2 rings (SSSR count). The summed E-state index contributed by atoms with van der Waals surface area (Å²) in [5.41, 5.74) is 7.59. The van der Waals surface area contributed by atoms with E-state index in [2.05, 4.69) is 15.0 Å². The van der Waals surface area contributed by atoms with E-state index >= 15 is 0 Å². The summed E-state index contributed by atoms with van der Waals surface area (Å²) in [4.78, 5) is 6.53. The molecule has 0 spiro atoms. The van der Waals surface area contributed by atoms with Gasteiger partial charge in [-0.2, -0.15) is 0 Å². The maximum Gasteiger partial charge on any atom is 0.140 e. The molecule has 6 heteroatoms. The molecule has 0 aliphatic rings. The van der Waals surface area contributed by atoms with Gasteiger partial charge in [-0.3, -0.25) is 4.98 Å². The fourth-order valence-corrected chi connectivity index (χ4v) is 2.21. The van der Waals surface area contributed by atoms with Crippen LogP contribution in [0.3, 0.4) is 0 Å². The minimum Gasteiger partial charge on any atom is -0.409 e. The molecule has 0 radical (unpaired) electrons. The lowest BCUT2D eigenvalue weighted by Crippen LogP contribution is -2.31. The Kier molecular flexibility index (Phi) is 5.34. The summed E-state index contributed by atoms with van der Waals surface area (Å²) >= 11 is 0. The Hall–Kier alpha value is -2.34. The fourth-order valence-electron chi connectivity index (χ4n) is 2.21. The van der Waals surface area contributed by atoms with Crippen LogP contribution in [-0.2, 0) is 4.74 Å². The minimum atomic E-state index is 0.218. The number of para-hydroxylation sites is 1. The van der Waals surface area contributed by atoms with Gasteiger partial charge in [0.1, 0.15) is 5.84 Å². The highest BCUT2D eigenvalue weighted by molar-refractivity contribution is 5.91. The van der Waals surface area contributed by atoms with E-state index in [1.807, 2.05) is 30.3 Å². The summed E-state index contributed by atoms with van der Waals surface area (Å²) < 4.78 is 5.17. The maximum atomic E-state index is 8.68. The SMILES string of the molecule is COCCN(CCC(N)=NO)c1ccnc2ccccc12. The molecule has 0 atom stereocenters. The first-order valence-corrected chi connectivity index (χ1v) is 6.80. The molecule has 0 unspecified atom stereocenters. The molecule has 1 aromatic carbocycles. The number of oxime groups is 1. The van der Waals surface area contributed by atoms with E-state index < -0.39 is 0 Å². The van der Waals surface area contributed by atoms with Crippen LogP contribution in [0.2, 0.25) is 0 Å². The molecule has 3 N–H and O–H groups in total. The van der Waals surface area contributed by atoms with Gasteiger partial charge in [-0.1, -0.05) is 23.4 Å². The number of benzene rings is 1. The third-order valence-electron chi connectivity index (χ3n) is 3.30. The largest absolute Gasteiger partial charge is 0.409 e. The van der Waals surface area contributed by atoms with Crippen LogP contribution in [0.15, 0.2) is 41.7 Å². The third-order valence-corrected chi connectivity index (χ3v) is 3.30. The molecule has 0 amide bonds. The van der Waals surface area contributed by atoms with E-state index in [1.54, 1.807) is 13.3 Å². The summed E-state index contributed by atoms with van der Waals surface area (Å²) in [6.07, 6.45) is 2.28. The number of hydrogen-bond acceptors (Lipinski definition) is 5. The van der Waals surface area contributed by atoms with Crippen LogP contribution in [0.4, 0.5) is 5.69 Å². The summed E-state index contributed by atoms with van der Waals surface area (Å²) in [6.45, 7) is 1.98. The van der Waals surface area contributed by atoms with E-state index in [1.165, 1.54) is 0 Å². The van der Waals surface area contributed by atoms with Crippen LogP contribution in [0, 0.1) is 0 Å². The highest BCUT2D eigenvalue weighted by atomic mass is 16.5. The fraction of sp³-hybridized carbons (Fsp3) is 0.333. The van der Waals surface area contributed by atoms with Crippen molar-refractivity contribution in [2.75, 3.05) is 31.7 Å². The molecule has 0 aliphatic heterocycles. The lowest BCUT2D eigenvalue weighted by molar-refractivity contribution is 0.205. The standard InChI is InChI=1S/C15H20N4O2/c1-21-11-10-19(9-7-15(16)18-20)14-6-8-17-13-5-3-2-4-12(13)14/h2-6,8,20H,7,9-11H2,1H3,(H2,16,18). The second-order valence-electron chi connectivity index (χ2n) is 4.67. The van der Waals surface area contributed by atoms with E-state index in [9.17, 15) is 0 Å². The maximum absolute atomic E-state index is 8.68. The number of anilines is 1. The summed E-state index contributed by atoms with van der Waals surface area (Å²) in [5, 5.41) is 12.8. The van der Waals surface area contributed by atoms with Gasteiger partial charge in [0, 0.05) is 43.9 Å². The van der Waals surface area contributed by atoms with Crippen molar-refractivity contribution < 1.29 is 9.94 Å². The normalized spacial score (nSPS) is 11.8. The topological polar surface area (TPSA) is 84.0 Å². The molecule has 21 heavy (non-hydrogen) atoms. The van der Waals surface area contributed by atoms with Gasteiger partial charge in [-0.25, -0.2) is 0 Å². The predicted octanol–water partition coefficient (Wildman–Crippen LogP) is 1.82. The average Bonchev–Trinajstić information content (AvgIpc) is 2.54. The number of methoxy groups -OCH3 is 1. The van der Waals surface area contributed by atoms with Crippen LogP contribution in [0.5, 0.6) is 0 Å². The van der Waals surface area contributed by atoms with Crippen molar-refractivity contribution in [3.63, 3.8) is 0 Å². The number of nitrogens with two attached hydrogens (primary N) is 1. The van der Waals surface area contributed by atoms with Gasteiger partial charge in [-0.05, 0) is 12.1 Å². The first kappa shape index (κ1) is 15.1. The van der Waals surface area contributed by atoms with Crippen molar-refractivity contribution in [1.29, 1.82) is 0 Å². The summed E-state index contributed by atoms with van der Waals surface area (Å²) in [6, 6.07) is 9.96. The van der Waals surface area contributed by atoms with Gasteiger partial charge < -0.3 is 20.6 Å². The minimum absolute atomic E-state index is 0.218. The molecule has 0 aliphatic carbocycles. The van der Waals surface area contributed by atoms with E-state index in [0.29, 0.717) is 19.6 Å². The highest BCUT2D eigenvalue weighted by Gasteiger charge is 2.11. The van der Waals surface area contributed by atoms with Crippen molar-refractivity contribution in [2.45, 2.75) is 6.42 Å². The number of pyridine rings is 1. The molecular formula is C15H20N4O2. The Morgan fingerprint density at radius 3 is 2.90 bits per heavy atom. The van der Waals surface area contributed by atoms with E-state index in [0.717, 1.165) is 23.1 Å². The molecule has 0 fully saturated rings. The van der Waals surface area contributed by atoms with Crippen LogP contribution in [0.1, 0.15) is 6.42 Å². The van der Waals surface area contributed by atoms with Crippen molar-refractivity contribution >= 4 is 22.4 Å². The Morgan fingerprint density at radius 1 is 1.33 bits per heavy atom. The molecule has 112 valence electrons. The number of amidine groups is 1. The molecule has 1 heterocycles. The molecule has 0 bridgehead atoms. The number of nitrogens with zero attached hydrogens (tertiary/aromatic N) is 3. The van der Waals surface area contributed by atoms with Gasteiger partial charge in [0.05, 0.1) is 12.1 Å². The van der Waals surface area contributed by atoms with Gasteiger partial charge in [0.15, 0.2) is 0 Å². The lowest BCUT2D eigenvalue weighted by Gasteiger charge is -2.25. The smallest absolute Gasteiger partial charge is 0.140 e. The van der Waals surface area contributed by atoms with Crippen molar-refractivity contribution in [2.24, 2.45) is 10.9 Å². The van der Waals surface area contributed by atoms with Crippen LogP contribution in [0.25, 0.3) is 10.9 Å². The zero-order valence-corrected chi connectivity index (χ0v) is 12.1. The summed E-state index contributed by atoms with van der Waals surface area (Å²) in [5.74, 6) is 0.218. The van der Waals surface area contributed by atoms with Gasteiger partial charge in [0.25, 0.3) is 0 Å². The van der Waals surface area contributed by atoms with Crippen molar-refractivity contribution in [1.82, 2.24) is 4.98 Å². The van der Waals surface area contributed by atoms with Gasteiger partial charge in [0.2, 0.25) is 0 Å². The quantitative estimate of drug-likeness (QED) is 0.351. The monoisotopic (exact) mass is 288 g/mol.